The molecule has 25 heavy (non-hydrogen) atoms. The van der Waals surface area contributed by atoms with E-state index in [1.165, 1.54) is 11.4 Å². The highest BCUT2D eigenvalue weighted by molar-refractivity contribution is 7.89. The number of aryl methyl sites for hydroxylation is 2. The van der Waals surface area contributed by atoms with Gasteiger partial charge in [0.1, 0.15) is 10.6 Å². The molecule has 0 unspecified atom stereocenters. The maximum atomic E-state index is 13.0. The first kappa shape index (κ1) is 18.2. The molecule has 138 valence electrons. The van der Waals surface area contributed by atoms with Crippen LogP contribution in [0.3, 0.4) is 0 Å². The average Bonchev–Trinajstić information content (AvgIpc) is 3.42. The molecule has 0 radical (unpaired) electrons. The van der Waals surface area contributed by atoms with Gasteiger partial charge in [-0.15, -0.1) is 0 Å². The third kappa shape index (κ3) is 3.82. The average molecular weight is 366 g/mol. The van der Waals surface area contributed by atoms with Gasteiger partial charge in [0.2, 0.25) is 15.9 Å². The van der Waals surface area contributed by atoms with Crippen molar-refractivity contribution < 1.29 is 17.9 Å². The second-order valence-corrected chi connectivity index (χ2v) is 8.95. The molecule has 2 aliphatic rings. The molecule has 1 aromatic carbocycles. The minimum atomic E-state index is -3.60. The third-order valence-corrected chi connectivity index (χ3v) is 7.07. The van der Waals surface area contributed by atoms with E-state index in [0.717, 1.165) is 24.0 Å². The highest BCUT2D eigenvalue weighted by atomic mass is 32.2. The van der Waals surface area contributed by atoms with Crippen LogP contribution in [0.15, 0.2) is 17.0 Å². The molecule has 1 saturated carbocycles. The van der Waals surface area contributed by atoms with Crippen LogP contribution in [0.5, 0.6) is 5.75 Å². The van der Waals surface area contributed by atoms with Crippen LogP contribution < -0.4 is 10.1 Å². The van der Waals surface area contributed by atoms with E-state index in [4.69, 9.17) is 4.74 Å². The summed E-state index contributed by atoms with van der Waals surface area (Å²) < 4.78 is 32.9. The maximum absolute atomic E-state index is 13.0. The molecule has 1 aliphatic heterocycles. The van der Waals surface area contributed by atoms with Gasteiger partial charge in [0, 0.05) is 25.0 Å². The van der Waals surface area contributed by atoms with Gasteiger partial charge in [-0.2, -0.15) is 4.31 Å². The molecule has 7 heteroatoms. The van der Waals surface area contributed by atoms with Crippen molar-refractivity contribution in [1.29, 1.82) is 0 Å². The number of benzene rings is 1. The number of rotatable bonds is 5. The highest BCUT2D eigenvalue weighted by Gasteiger charge is 2.35. The Labute approximate surface area is 149 Å². The van der Waals surface area contributed by atoms with Crippen LogP contribution in [0, 0.1) is 19.8 Å². The third-order valence-electron chi connectivity index (χ3n) is 5.15. The van der Waals surface area contributed by atoms with E-state index in [2.05, 4.69) is 5.32 Å². The fourth-order valence-electron chi connectivity index (χ4n) is 3.17. The van der Waals surface area contributed by atoms with E-state index in [1.54, 1.807) is 12.1 Å². The molecule has 6 nitrogen and oxygen atoms in total. The van der Waals surface area contributed by atoms with Gasteiger partial charge < -0.3 is 10.1 Å². The largest absolute Gasteiger partial charge is 0.495 e. The van der Waals surface area contributed by atoms with Crippen molar-refractivity contribution in [2.24, 2.45) is 5.92 Å². The Kier molecular flexibility index (Phi) is 5.06. The second-order valence-electron chi connectivity index (χ2n) is 7.05. The Balaban J connectivity index is 1.71. The number of methoxy groups -OCH3 is 1. The smallest absolute Gasteiger partial charge is 0.246 e. The maximum Gasteiger partial charge on any atom is 0.246 e. The van der Waals surface area contributed by atoms with Gasteiger partial charge in [0.05, 0.1) is 7.11 Å². The highest BCUT2D eigenvalue weighted by Crippen LogP contribution is 2.32. The van der Waals surface area contributed by atoms with Crippen molar-refractivity contribution in [2.75, 3.05) is 20.2 Å². The number of piperidine rings is 1. The molecule has 0 atom stereocenters. The lowest BCUT2D eigenvalue weighted by Crippen LogP contribution is -2.46. The quantitative estimate of drug-likeness (QED) is 0.865. The van der Waals surface area contributed by atoms with Gasteiger partial charge in [-0.05, 0) is 62.8 Å². The lowest BCUT2D eigenvalue weighted by atomic mass is 10.1. The zero-order valence-corrected chi connectivity index (χ0v) is 15.9. The van der Waals surface area contributed by atoms with E-state index in [9.17, 15) is 13.2 Å². The Bertz CT molecular complexity index is 764. The zero-order valence-electron chi connectivity index (χ0n) is 15.0. The van der Waals surface area contributed by atoms with Crippen LogP contribution in [0.1, 0.15) is 36.8 Å². The fourth-order valence-corrected chi connectivity index (χ4v) is 4.86. The van der Waals surface area contributed by atoms with Gasteiger partial charge in [0.15, 0.2) is 0 Å². The monoisotopic (exact) mass is 366 g/mol. The number of ether oxygens (including phenoxy) is 1. The van der Waals surface area contributed by atoms with Crippen molar-refractivity contribution in [3.05, 3.63) is 23.3 Å². The summed E-state index contributed by atoms with van der Waals surface area (Å²) >= 11 is 0. The van der Waals surface area contributed by atoms with E-state index in [1.807, 2.05) is 13.8 Å². The normalized spacial score (nSPS) is 19.6. The zero-order chi connectivity index (χ0) is 18.2. The molecule has 0 spiro atoms. The summed E-state index contributed by atoms with van der Waals surface area (Å²) in [4.78, 5) is 12.1. The summed E-state index contributed by atoms with van der Waals surface area (Å²) in [5.41, 5.74) is 1.92. The van der Waals surface area contributed by atoms with Gasteiger partial charge in [0.25, 0.3) is 0 Å². The summed E-state index contributed by atoms with van der Waals surface area (Å²) in [5, 5.41) is 3.05. The van der Waals surface area contributed by atoms with Gasteiger partial charge in [-0.3, -0.25) is 4.79 Å². The first-order valence-corrected chi connectivity index (χ1v) is 10.2. The van der Waals surface area contributed by atoms with E-state index >= 15 is 0 Å². The molecule has 1 heterocycles. The number of amides is 1. The van der Waals surface area contributed by atoms with E-state index in [0.29, 0.717) is 31.7 Å². The van der Waals surface area contributed by atoms with Crippen molar-refractivity contribution in [1.82, 2.24) is 9.62 Å². The van der Waals surface area contributed by atoms with Crippen LogP contribution >= 0.6 is 0 Å². The van der Waals surface area contributed by atoms with Crippen LogP contribution in [-0.2, 0) is 14.8 Å². The summed E-state index contributed by atoms with van der Waals surface area (Å²) in [6.45, 7) is 4.65. The summed E-state index contributed by atoms with van der Waals surface area (Å²) in [5.74, 6) is 0.686. The van der Waals surface area contributed by atoms with Gasteiger partial charge >= 0.3 is 0 Å². The Morgan fingerprint density at radius 3 is 2.28 bits per heavy atom. The standard InChI is InChI=1S/C18H26N2O4S/c1-12-10-16(24-3)17(11-13(12)2)25(22,23)20-8-6-15(7-9-20)19-18(21)14-4-5-14/h10-11,14-15H,4-9H2,1-3H3,(H,19,21). The topological polar surface area (TPSA) is 75.7 Å². The number of nitrogens with zero attached hydrogens (tertiary/aromatic N) is 1. The van der Waals surface area contributed by atoms with Crippen molar-refractivity contribution >= 4 is 15.9 Å². The molecule has 1 saturated heterocycles. The minimum absolute atomic E-state index is 0.0706. The summed E-state index contributed by atoms with van der Waals surface area (Å²) in [7, 11) is -2.12. The number of hydrogen-bond acceptors (Lipinski definition) is 4. The number of sulfonamides is 1. The van der Waals surface area contributed by atoms with Crippen molar-refractivity contribution in [3.63, 3.8) is 0 Å². The van der Waals surface area contributed by atoms with E-state index in [-0.39, 0.29) is 22.8 Å². The SMILES string of the molecule is COc1cc(C)c(C)cc1S(=O)(=O)N1CCC(NC(=O)C2CC2)CC1. The van der Waals surface area contributed by atoms with Crippen molar-refractivity contribution in [2.45, 2.75) is 50.5 Å². The second kappa shape index (κ2) is 6.96. The van der Waals surface area contributed by atoms with Gasteiger partial charge in [-0.25, -0.2) is 8.42 Å². The molecule has 2 fully saturated rings. The lowest BCUT2D eigenvalue weighted by molar-refractivity contribution is -0.123. The summed E-state index contributed by atoms with van der Waals surface area (Å²) in [6.07, 6.45) is 3.24. The minimum Gasteiger partial charge on any atom is -0.495 e. The van der Waals surface area contributed by atoms with Gasteiger partial charge in [-0.1, -0.05) is 0 Å². The first-order valence-electron chi connectivity index (χ1n) is 8.78. The van der Waals surface area contributed by atoms with Crippen LogP contribution in [-0.4, -0.2) is 44.9 Å². The Morgan fingerprint density at radius 1 is 1.12 bits per heavy atom. The predicted molar refractivity (Wildman–Crippen MR) is 95.1 cm³/mol. The number of carbonyl (C=O) groups excluding carboxylic acids is 1. The molecule has 3 rings (SSSR count). The fraction of sp³-hybridized carbons (Fsp3) is 0.611. The molecular formula is C18H26N2O4S. The molecule has 1 aromatic rings. The number of carbonyl (C=O) groups is 1. The molecule has 1 aliphatic carbocycles. The lowest BCUT2D eigenvalue weighted by Gasteiger charge is -2.32. The number of nitrogens with one attached hydrogen (secondary N) is 1. The Hall–Kier alpha value is -1.60. The molecule has 0 aromatic heterocycles. The predicted octanol–water partition coefficient (Wildman–Crippen LogP) is 1.99. The molecule has 1 N–H and O–H groups in total. The van der Waals surface area contributed by atoms with Crippen LogP contribution in [0.4, 0.5) is 0 Å². The van der Waals surface area contributed by atoms with Crippen LogP contribution in [0.2, 0.25) is 0 Å². The molecular weight excluding hydrogens is 340 g/mol. The van der Waals surface area contributed by atoms with E-state index < -0.39 is 10.0 Å². The van der Waals surface area contributed by atoms with Crippen LogP contribution in [0.25, 0.3) is 0 Å². The molecule has 0 bridgehead atoms. The Morgan fingerprint density at radius 2 is 1.72 bits per heavy atom. The molecule has 1 amide bonds. The van der Waals surface area contributed by atoms with Crippen molar-refractivity contribution in [3.8, 4) is 5.75 Å². The first-order chi connectivity index (χ1) is 11.8. The summed E-state index contributed by atoms with van der Waals surface area (Å²) in [6, 6.07) is 3.52. The number of hydrogen-bond donors (Lipinski definition) is 1.